The van der Waals surface area contributed by atoms with E-state index in [2.05, 4.69) is 63.3 Å². The normalized spacial score (nSPS) is 13.5. The van der Waals surface area contributed by atoms with Gasteiger partial charge in [-0.2, -0.15) is 0 Å². The molecular weight excluding hydrogens is 260 g/mol. The van der Waals surface area contributed by atoms with Gasteiger partial charge in [0.15, 0.2) is 0 Å². The summed E-state index contributed by atoms with van der Waals surface area (Å²) >= 11 is 0. The zero-order valence-corrected chi connectivity index (χ0v) is 14.6. The van der Waals surface area contributed by atoms with Crippen molar-refractivity contribution in [3.05, 3.63) is 29.8 Å². The molecule has 0 fully saturated rings. The smallest absolute Gasteiger partial charge is 0.123 e. The fourth-order valence-electron chi connectivity index (χ4n) is 3.33. The van der Waals surface area contributed by atoms with Crippen LogP contribution in [0.5, 0.6) is 5.75 Å². The number of nitrogens with one attached hydrogen (secondary N) is 1. The minimum Gasteiger partial charge on any atom is -0.496 e. The highest BCUT2D eigenvalue weighted by molar-refractivity contribution is 5.38. The molecule has 0 heterocycles. The topological polar surface area (TPSA) is 24.5 Å². The summed E-state index contributed by atoms with van der Waals surface area (Å²) in [5.74, 6) is 0.972. The SMILES string of the molecule is CCCNC(c1ccccc1OC)C(CC)(CC)N(C)C. The first kappa shape index (κ1) is 18.0. The molecule has 0 aliphatic carbocycles. The van der Waals surface area contributed by atoms with Gasteiger partial charge in [0, 0.05) is 11.1 Å². The number of nitrogens with zero attached hydrogens (tertiary/aromatic N) is 1. The maximum absolute atomic E-state index is 5.61. The number of likely N-dealkylation sites (N-methyl/N-ethyl adjacent to an activating group) is 1. The van der Waals surface area contributed by atoms with Crippen LogP contribution in [0, 0.1) is 0 Å². The van der Waals surface area contributed by atoms with Crippen molar-refractivity contribution in [2.75, 3.05) is 27.7 Å². The van der Waals surface area contributed by atoms with Crippen LogP contribution >= 0.6 is 0 Å². The largest absolute Gasteiger partial charge is 0.496 e. The highest BCUT2D eigenvalue weighted by Gasteiger charge is 2.39. The summed E-state index contributed by atoms with van der Waals surface area (Å²) in [6.07, 6.45) is 3.31. The zero-order chi connectivity index (χ0) is 15.9. The highest BCUT2D eigenvalue weighted by Crippen LogP contribution is 2.39. The zero-order valence-electron chi connectivity index (χ0n) is 14.6. The molecule has 0 spiro atoms. The van der Waals surface area contributed by atoms with Gasteiger partial charge in [-0.1, -0.05) is 39.0 Å². The quantitative estimate of drug-likeness (QED) is 0.748. The van der Waals surface area contributed by atoms with E-state index in [0.29, 0.717) is 0 Å². The number of ether oxygens (including phenoxy) is 1. The number of rotatable bonds is 9. The minimum atomic E-state index is 0.0871. The lowest BCUT2D eigenvalue weighted by Crippen LogP contribution is -2.53. The molecule has 0 saturated carbocycles. The van der Waals surface area contributed by atoms with Gasteiger partial charge in [-0.05, 0) is 46.0 Å². The lowest BCUT2D eigenvalue weighted by atomic mass is 9.79. The summed E-state index contributed by atoms with van der Waals surface area (Å²) in [6, 6.07) is 8.65. The van der Waals surface area contributed by atoms with Crippen molar-refractivity contribution < 1.29 is 4.74 Å². The highest BCUT2D eigenvalue weighted by atomic mass is 16.5. The molecule has 120 valence electrons. The molecule has 1 atom stereocenters. The molecule has 0 radical (unpaired) electrons. The molecule has 0 aromatic heterocycles. The first-order chi connectivity index (χ1) is 10.1. The molecule has 0 amide bonds. The van der Waals surface area contributed by atoms with E-state index in [0.717, 1.165) is 31.6 Å². The van der Waals surface area contributed by atoms with Crippen LogP contribution in [0.3, 0.4) is 0 Å². The van der Waals surface area contributed by atoms with Gasteiger partial charge in [-0.25, -0.2) is 0 Å². The van der Waals surface area contributed by atoms with Gasteiger partial charge in [0.25, 0.3) is 0 Å². The average molecular weight is 292 g/mol. The molecule has 21 heavy (non-hydrogen) atoms. The Morgan fingerprint density at radius 2 is 1.76 bits per heavy atom. The van der Waals surface area contributed by atoms with Crippen LogP contribution in [0.2, 0.25) is 0 Å². The van der Waals surface area contributed by atoms with Crippen molar-refractivity contribution in [1.29, 1.82) is 0 Å². The Morgan fingerprint density at radius 3 is 2.24 bits per heavy atom. The van der Waals surface area contributed by atoms with Crippen molar-refractivity contribution in [2.45, 2.75) is 51.6 Å². The second-order valence-corrected chi connectivity index (χ2v) is 5.83. The Kier molecular flexibility index (Phi) is 7.20. The van der Waals surface area contributed by atoms with Gasteiger partial charge < -0.3 is 15.0 Å². The van der Waals surface area contributed by atoms with Crippen molar-refractivity contribution in [3.8, 4) is 5.75 Å². The molecule has 3 heteroatoms. The predicted octanol–water partition coefficient (Wildman–Crippen LogP) is 3.86. The molecule has 1 unspecified atom stereocenters. The maximum atomic E-state index is 5.61. The summed E-state index contributed by atoms with van der Waals surface area (Å²) in [5.41, 5.74) is 1.34. The molecule has 0 aliphatic rings. The minimum absolute atomic E-state index is 0.0871. The second-order valence-electron chi connectivity index (χ2n) is 5.83. The first-order valence-corrected chi connectivity index (χ1v) is 8.11. The lowest BCUT2D eigenvalue weighted by molar-refractivity contribution is 0.0869. The van der Waals surface area contributed by atoms with E-state index in [4.69, 9.17) is 4.74 Å². The Balaban J connectivity index is 3.32. The summed E-state index contributed by atoms with van der Waals surface area (Å²) in [5, 5.41) is 3.76. The summed E-state index contributed by atoms with van der Waals surface area (Å²) in [6.45, 7) is 7.78. The molecule has 0 bridgehead atoms. The maximum Gasteiger partial charge on any atom is 0.123 e. The van der Waals surface area contributed by atoms with Crippen molar-refractivity contribution in [1.82, 2.24) is 10.2 Å². The number of para-hydroxylation sites is 1. The average Bonchev–Trinajstić information content (AvgIpc) is 2.51. The van der Waals surface area contributed by atoms with Crippen LogP contribution in [-0.2, 0) is 0 Å². The Hall–Kier alpha value is -1.06. The number of hydrogen-bond donors (Lipinski definition) is 1. The first-order valence-electron chi connectivity index (χ1n) is 8.11. The van der Waals surface area contributed by atoms with Crippen molar-refractivity contribution in [2.24, 2.45) is 0 Å². The van der Waals surface area contributed by atoms with Gasteiger partial charge in [0.2, 0.25) is 0 Å². The van der Waals surface area contributed by atoms with E-state index in [9.17, 15) is 0 Å². The molecule has 0 aliphatic heterocycles. The van der Waals surface area contributed by atoms with E-state index in [1.807, 2.05) is 6.07 Å². The fourth-order valence-corrected chi connectivity index (χ4v) is 3.33. The van der Waals surface area contributed by atoms with Gasteiger partial charge >= 0.3 is 0 Å². The predicted molar refractivity (Wildman–Crippen MR) is 91.0 cm³/mol. The summed E-state index contributed by atoms with van der Waals surface area (Å²) in [7, 11) is 6.12. The van der Waals surface area contributed by atoms with E-state index in [-0.39, 0.29) is 11.6 Å². The van der Waals surface area contributed by atoms with Crippen LogP contribution in [0.4, 0.5) is 0 Å². The molecule has 1 N–H and O–H groups in total. The van der Waals surface area contributed by atoms with Crippen LogP contribution < -0.4 is 10.1 Å². The number of benzene rings is 1. The Morgan fingerprint density at radius 1 is 1.14 bits per heavy atom. The third kappa shape index (κ3) is 3.78. The van der Waals surface area contributed by atoms with Gasteiger partial charge in [-0.15, -0.1) is 0 Å². The molecule has 1 aromatic rings. The second kappa shape index (κ2) is 8.40. The summed E-state index contributed by atoms with van der Waals surface area (Å²) in [4.78, 5) is 2.37. The Labute approximate surface area is 130 Å². The number of hydrogen-bond acceptors (Lipinski definition) is 3. The van der Waals surface area contributed by atoms with Gasteiger partial charge in [0.1, 0.15) is 5.75 Å². The van der Waals surface area contributed by atoms with Gasteiger partial charge in [0.05, 0.1) is 13.2 Å². The lowest BCUT2D eigenvalue weighted by Gasteiger charge is -2.46. The van der Waals surface area contributed by atoms with E-state index >= 15 is 0 Å². The Bertz CT molecular complexity index is 413. The monoisotopic (exact) mass is 292 g/mol. The standard InChI is InChI=1S/C18H32N2O/c1-7-14-19-17(18(8-2,9-3)20(4)5)15-12-10-11-13-16(15)21-6/h10-13,17,19H,7-9,14H2,1-6H3. The van der Waals surface area contributed by atoms with Crippen LogP contribution in [0.25, 0.3) is 0 Å². The summed E-state index contributed by atoms with van der Waals surface area (Å²) < 4.78 is 5.61. The molecular formula is C18H32N2O. The molecule has 1 aromatic carbocycles. The van der Waals surface area contributed by atoms with Crippen molar-refractivity contribution in [3.63, 3.8) is 0 Å². The van der Waals surface area contributed by atoms with E-state index in [1.54, 1.807) is 7.11 Å². The number of methoxy groups -OCH3 is 1. The molecule has 3 nitrogen and oxygen atoms in total. The van der Waals surface area contributed by atoms with E-state index < -0.39 is 0 Å². The van der Waals surface area contributed by atoms with E-state index in [1.165, 1.54) is 5.56 Å². The fraction of sp³-hybridized carbons (Fsp3) is 0.667. The van der Waals surface area contributed by atoms with Gasteiger partial charge in [-0.3, -0.25) is 0 Å². The van der Waals surface area contributed by atoms with Crippen LogP contribution in [0.1, 0.15) is 51.6 Å². The third-order valence-corrected chi connectivity index (χ3v) is 4.70. The van der Waals surface area contributed by atoms with Crippen LogP contribution in [0.15, 0.2) is 24.3 Å². The van der Waals surface area contributed by atoms with Crippen molar-refractivity contribution >= 4 is 0 Å². The van der Waals surface area contributed by atoms with Crippen LogP contribution in [-0.4, -0.2) is 38.2 Å². The third-order valence-electron chi connectivity index (χ3n) is 4.70. The molecule has 1 rings (SSSR count). The molecule has 0 saturated heterocycles.